The van der Waals surface area contributed by atoms with Crippen LogP contribution in [-0.2, 0) is 6.18 Å². The van der Waals surface area contributed by atoms with Crippen LogP contribution < -0.4 is 5.32 Å². The van der Waals surface area contributed by atoms with Gasteiger partial charge in [-0.15, -0.1) is 11.3 Å². The van der Waals surface area contributed by atoms with Crippen molar-refractivity contribution in [2.24, 2.45) is 0 Å². The predicted octanol–water partition coefficient (Wildman–Crippen LogP) is 4.26. The molecule has 108 valence electrons. The van der Waals surface area contributed by atoms with Gasteiger partial charge in [0.25, 0.3) is 0 Å². The lowest BCUT2D eigenvalue weighted by Gasteiger charge is -2.15. The maximum absolute atomic E-state index is 13.9. The summed E-state index contributed by atoms with van der Waals surface area (Å²) >= 11 is 6.14. The summed E-state index contributed by atoms with van der Waals surface area (Å²) in [7, 11) is 1.53. The molecular formula is C12H9ClF4N2S. The first-order valence-corrected chi connectivity index (χ1v) is 6.67. The number of benzene rings is 1. The minimum Gasteiger partial charge on any atom is -0.309 e. The molecule has 1 aromatic heterocycles. The number of nitrogens with one attached hydrogen (secondary N) is 1. The van der Waals surface area contributed by atoms with Crippen LogP contribution in [0.1, 0.15) is 21.5 Å². The van der Waals surface area contributed by atoms with Crippen LogP contribution >= 0.6 is 22.9 Å². The molecule has 0 aliphatic heterocycles. The summed E-state index contributed by atoms with van der Waals surface area (Å²) in [4.78, 5) is 3.61. The van der Waals surface area contributed by atoms with Gasteiger partial charge in [0.15, 0.2) is 5.01 Å². The number of thiazole rings is 1. The highest BCUT2D eigenvalue weighted by atomic mass is 35.5. The second kappa shape index (κ2) is 5.67. The van der Waals surface area contributed by atoms with Gasteiger partial charge in [-0.25, -0.2) is 9.37 Å². The fraction of sp³-hybridized carbons (Fsp3) is 0.250. The van der Waals surface area contributed by atoms with Crippen LogP contribution in [0.5, 0.6) is 0 Å². The molecule has 0 bridgehead atoms. The Labute approximate surface area is 121 Å². The summed E-state index contributed by atoms with van der Waals surface area (Å²) in [6, 6.07) is 3.33. The zero-order chi connectivity index (χ0) is 14.9. The molecule has 0 saturated carbocycles. The summed E-state index contributed by atoms with van der Waals surface area (Å²) in [5, 5.41) is 2.05. The first-order chi connectivity index (χ1) is 9.32. The van der Waals surface area contributed by atoms with Crippen molar-refractivity contribution in [3.05, 3.63) is 50.7 Å². The van der Waals surface area contributed by atoms with E-state index in [0.717, 1.165) is 12.3 Å². The van der Waals surface area contributed by atoms with Gasteiger partial charge in [-0.2, -0.15) is 13.2 Å². The zero-order valence-corrected chi connectivity index (χ0v) is 11.7. The molecule has 2 nitrogen and oxygen atoms in total. The Balaban J connectivity index is 2.40. The molecule has 8 heteroatoms. The van der Waals surface area contributed by atoms with E-state index in [1.54, 1.807) is 0 Å². The average molecular weight is 325 g/mol. The molecule has 1 aromatic carbocycles. The van der Waals surface area contributed by atoms with Gasteiger partial charge in [0.1, 0.15) is 5.82 Å². The lowest BCUT2D eigenvalue weighted by atomic mass is 10.1. The van der Waals surface area contributed by atoms with E-state index in [1.165, 1.54) is 19.2 Å². The third-order valence-electron chi connectivity index (χ3n) is 2.61. The van der Waals surface area contributed by atoms with Crippen LogP contribution in [0.4, 0.5) is 17.6 Å². The van der Waals surface area contributed by atoms with Crippen molar-refractivity contribution in [2.75, 3.05) is 7.05 Å². The van der Waals surface area contributed by atoms with Gasteiger partial charge in [-0.1, -0.05) is 17.7 Å². The molecule has 1 unspecified atom stereocenters. The van der Waals surface area contributed by atoms with E-state index in [2.05, 4.69) is 10.3 Å². The van der Waals surface area contributed by atoms with Crippen LogP contribution in [0.25, 0.3) is 0 Å². The second-order valence-electron chi connectivity index (χ2n) is 3.95. The molecule has 0 aliphatic rings. The fourth-order valence-electron chi connectivity index (χ4n) is 1.74. The Morgan fingerprint density at radius 2 is 2.05 bits per heavy atom. The molecule has 0 spiro atoms. The first-order valence-electron chi connectivity index (χ1n) is 5.48. The van der Waals surface area contributed by atoms with Crippen molar-refractivity contribution in [2.45, 2.75) is 12.2 Å². The molecule has 2 rings (SSSR count). The zero-order valence-electron chi connectivity index (χ0n) is 10.1. The second-order valence-corrected chi connectivity index (χ2v) is 5.45. The van der Waals surface area contributed by atoms with Crippen LogP contribution in [0, 0.1) is 5.82 Å². The van der Waals surface area contributed by atoms with Gasteiger partial charge in [0.2, 0.25) is 0 Å². The van der Waals surface area contributed by atoms with Gasteiger partial charge in [-0.05, 0) is 19.2 Å². The summed E-state index contributed by atoms with van der Waals surface area (Å²) in [5.41, 5.74) is 0.217. The predicted molar refractivity (Wildman–Crippen MR) is 69.4 cm³/mol. The molecule has 0 aliphatic carbocycles. The van der Waals surface area contributed by atoms with Gasteiger partial charge in [0.05, 0.1) is 6.04 Å². The van der Waals surface area contributed by atoms with E-state index in [0.29, 0.717) is 11.3 Å². The van der Waals surface area contributed by atoms with Gasteiger partial charge in [-0.3, -0.25) is 0 Å². The van der Waals surface area contributed by atoms with Crippen molar-refractivity contribution in [1.82, 2.24) is 10.3 Å². The summed E-state index contributed by atoms with van der Waals surface area (Å²) in [6.45, 7) is 0. The topological polar surface area (TPSA) is 24.9 Å². The average Bonchev–Trinajstić information content (AvgIpc) is 2.82. The molecule has 0 amide bonds. The fourth-order valence-corrected chi connectivity index (χ4v) is 2.81. The number of nitrogens with zero attached hydrogens (tertiary/aromatic N) is 1. The van der Waals surface area contributed by atoms with Gasteiger partial charge in [0, 0.05) is 21.7 Å². The SMILES string of the molecule is CNC(c1cnc(C(F)(F)F)s1)c1ccc(Cl)cc1F. The number of rotatable bonds is 3. The van der Waals surface area contributed by atoms with Crippen LogP contribution in [-0.4, -0.2) is 12.0 Å². The van der Waals surface area contributed by atoms with E-state index < -0.39 is 23.0 Å². The van der Waals surface area contributed by atoms with E-state index in [-0.39, 0.29) is 15.5 Å². The Kier molecular flexibility index (Phi) is 4.31. The van der Waals surface area contributed by atoms with Crippen molar-refractivity contribution in [3.63, 3.8) is 0 Å². The van der Waals surface area contributed by atoms with E-state index >= 15 is 0 Å². The largest absolute Gasteiger partial charge is 0.443 e. The summed E-state index contributed by atoms with van der Waals surface area (Å²) in [6.07, 6.45) is -3.40. The lowest BCUT2D eigenvalue weighted by Crippen LogP contribution is -2.17. The van der Waals surface area contributed by atoms with Crippen molar-refractivity contribution < 1.29 is 17.6 Å². The Bertz CT molecular complexity index is 612. The number of halogens is 5. The van der Waals surface area contributed by atoms with E-state index in [9.17, 15) is 17.6 Å². The maximum Gasteiger partial charge on any atom is 0.443 e. The van der Waals surface area contributed by atoms with E-state index in [1.807, 2.05) is 0 Å². The van der Waals surface area contributed by atoms with Gasteiger partial charge >= 0.3 is 6.18 Å². The molecule has 0 saturated heterocycles. The van der Waals surface area contributed by atoms with E-state index in [4.69, 9.17) is 11.6 Å². The lowest BCUT2D eigenvalue weighted by molar-refractivity contribution is -0.137. The maximum atomic E-state index is 13.9. The van der Waals surface area contributed by atoms with Crippen LogP contribution in [0.3, 0.4) is 0 Å². The normalized spacial score (nSPS) is 13.5. The summed E-state index contributed by atoms with van der Waals surface area (Å²) < 4.78 is 51.5. The molecular weight excluding hydrogens is 316 g/mol. The minimum absolute atomic E-state index is 0.217. The van der Waals surface area contributed by atoms with Crippen molar-refractivity contribution in [1.29, 1.82) is 0 Å². The Morgan fingerprint density at radius 1 is 1.35 bits per heavy atom. The molecule has 1 N–H and O–H groups in total. The number of hydrogen-bond donors (Lipinski definition) is 1. The Hall–Kier alpha value is -1.18. The highest BCUT2D eigenvalue weighted by Crippen LogP contribution is 2.36. The smallest absolute Gasteiger partial charge is 0.309 e. The number of aromatic nitrogens is 1. The van der Waals surface area contributed by atoms with Crippen molar-refractivity contribution >= 4 is 22.9 Å². The molecule has 1 atom stereocenters. The Morgan fingerprint density at radius 3 is 2.55 bits per heavy atom. The number of alkyl halides is 3. The van der Waals surface area contributed by atoms with Gasteiger partial charge < -0.3 is 5.32 Å². The highest BCUT2D eigenvalue weighted by Gasteiger charge is 2.35. The molecule has 0 radical (unpaired) electrons. The number of hydrogen-bond acceptors (Lipinski definition) is 3. The van der Waals surface area contributed by atoms with Crippen molar-refractivity contribution in [3.8, 4) is 0 Å². The molecule has 0 fully saturated rings. The highest BCUT2D eigenvalue weighted by molar-refractivity contribution is 7.11. The third-order valence-corrected chi connectivity index (χ3v) is 3.95. The monoisotopic (exact) mass is 324 g/mol. The minimum atomic E-state index is -4.50. The van der Waals surface area contributed by atoms with Crippen LogP contribution in [0.2, 0.25) is 5.02 Å². The standard InChI is InChI=1S/C12H9ClF4N2S/c1-18-10(7-3-2-6(13)4-8(7)14)9-5-19-11(20-9)12(15,16)17/h2-5,10,18H,1H3. The van der Waals surface area contributed by atoms with Crippen LogP contribution in [0.15, 0.2) is 24.4 Å². The molecule has 20 heavy (non-hydrogen) atoms. The molecule has 1 heterocycles. The summed E-state index contributed by atoms with van der Waals surface area (Å²) in [5.74, 6) is -0.584. The first kappa shape index (κ1) is 15.2. The molecule has 2 aromatic rings. The third kappa shape index (κ3) is 3.11. The quantitative estimate of drug-likeness (QED) is 0.853.